The molecular weight excluding hydrogens is 315 g/mol. The minimum atomic E-state index is -0.500. The SMILES string of the molecule is O=C(c1ccco1)N1CCO[C@H]2[C@H](Oc3ncccc3F)CC[C@@H]21. The summed E-state index contributed by atoms with van der Waals surface area (Å²) < 4.78 is 30.5. The van der Waals surface area contributed by atoms with E-state index in [1.807, 2.05) is 0 Å². The maximum Gasteiger partial charge on any atom is 0.289 e. The van der Waals surface area contributed by atoms with E-state index in [9.17, 15) is 9.18 Å². The standard InChI is InChI=1S/C17H17FN2O4/c18-11-3-1-7-19-16(11)24-13-6-5-12-15(13)23-10-8-20(12)17(21)14-4-2-9-22-14/h1-4,7,9,12-13,15H,5-6,8,10H2/t12-,13+,15+/m0/s1. The van der Waals surface area contributed by atoms with Gasteiger partial charge in [0.2, 0.25) is 0 Å². The Morgan fingerprint density at radius 1 is 1.33 bits per heavy atom. The van der Waals surface area contributed by atoms with Crippen molar-refractivity contribution in [2.45, 2.75) is 31.1 Å². The van der Waals surface area contributed by atoms with Crippen molar-refractivity contribution >= 4 is 5.91 Å². The summed E-state index contributed by atoms with van der Waals surface area (Å²) in [5.41, 5.74) is 0. The van der Waals surface area contributed by atoms with Crippen LogP contribution in [0.15, 0.2) is 41.1 Å². The molecule has 126 valence electrons. The third-order valence-electron chi connectivity index (χ3n) is 4.52. The molecule has 3 atom stereocenters. The Morgan fingerprint density at radius 3 is 3.04 bits per heavy atom. The molecule has 0 bridgehead atoms. The number of hydrogen-bond donors (Lipinski definition) is 0. The second kappa shape index (κ2) is 6.24. The van der Waals surface area contributed by atoms with E-state index in [1.54, 1.807) is 17.0 Å². The number of furan rings is 1. The summed E-state index contributed by atoms with van der Waals surface area (Å²) >= 11 is 0. The highest BCUT2D eigenvalue weighted by atomic mass is 19.1. The van der Waals surface area contributed by atoms with Gasteiger partial charge in [-0.3, -0.25) is 4.79 Å². The molecule has 1 aliphatic heterocycles. The minimum absolute atomic E-state index is 0.0266. The summed E-state index contributed by atoms with van der Waals surface area (Å²) in [6.45, 7) is 0.920. The first-order chi connectivity index (χ1) is 11.7. The van der Waals surface area contributed by atoms with Crippen molar-refractivity contribution in [2.24, 2.45) is 0 Å². The van der Waals surface area contributed by atoms with Crippen LogP contribution in [0.25, 0.3) is 0 Å². The maximum absolute atomic E-state index is 13.8. The van der Waals surface area contributed by atoms with Crippen molar-refractivity contribution in [1.29, 1.82) is 0 Å². The number of halogens is 1. The molecular formula is C17H17FN2O4. The number of pyridine rings is 1. The summed E-state index contributed by atoms with van der Waals surface area (Å²) in [5.74, 6) is -0.361. The number of carbonyl (C=O) groups excluding carboxylic acids is 1. The van der Waals surface area contributed by atoms with E-state index in [2.05, 4.69) is 4.98 Å². The van der Waals surface area contributed by atoms with Gasteiger partial charge in [-0.05, 0) is 37.1 Å². The van der Waals surface area contributed by atoms with Gasteiger partial charge in [-0.1, -0.05) is 0 Å². The number of ether oxygens (including phenoxy) is 2. The van der Waals surface area contributed by atoms with E-state index < -0.39 is 5.82 Å². The molecule has 0 unspecified atom stereocenters. The van der Waals surface area contributed by atoms with E-state index in [0.717, 1.165) is 6.42 Å². The first-order valence-corrected chi connectivity index (χ1v) is 7.97. The number of aromatic nitrogens is 1. The van der Waals surface area contributed by atoms with Crippen molar-refractivity contribution in [3.05, 3.63) is 48.3 Å². The van der Waals surface area contributed by atoms with Gasteiger partial charge in [-0.15, -0.1) is 0 Å². The van der Waals surface area contributed by atoms with Crippen LogP contribution >= 0.6 is 0 Å². The zero-order valence-electron chi connectivity index (χ0n) is 12.9. The molecule has 2 fully saturated rings. The highest BCUT2D eigenvalue weighted by molar-refractivity contribution is 5.91. The van der Waals surface area contributed by atoms with Crippen LogP contribution in [-0.2, 0) is 4.74 Å². The zero-order valence-corrected chi connectivity index (χ0v) is 12.9. The summed E-state index contributed by atoms with van der Waals surface area (Å²) in [6.07, 6.45) is 3.75. The fourth-order valence-corrected chi connectivity index (χ4v) is 3.44. The Labute approximate surface area is 138 Å². The zero-order chi connectivity index (χ0) is 16.5. The number of hydrogen-bond acceptors (Lipinski definition) is 5. The van der Waals surface area contributed by atoms with Gasteiger partial charge in [0, 0.05) is 12.7 Å². The van der Waals surface area contributed by atoms with Gasteiger partial charge in [0.1, 0.15) is 12.2 Å². The first kappa shape index (κ1) is 15.1. The lowest BCUT2D eigenvalue weighted by Crippen LogP contribution is -2.54. The predicted molar refractivity (Wildman–Crippen MR) is 81.1 cm³/mol. The normalized spacial score (nSPS) is 26.2. The van der Waals surface area contributed by atoms with Crippen LogP contribution in [0.1, 0.15) is 23.4 Å². The van der Waals surface area contributed by atoms with Crippen LogP contribution in [0.3, 0.4) is 0 Å². The fourth-order valence-electron chi connectivity index (χ4n) is 3.44. The van der Waals surface area contributed by atoms with E-state index in [0.29, 0.717) is 25.3 Å². The van der Waals surface area contributed by atoms with Gasteiger partial charge in [0.15, 0.2) is 11.6 Å². The molecule has 4 rings (SSSR count). The van der Waals surface area contributed by atoms with Crippen molar-refractivity contribution < 1.29 is 23.1 Å². The van der Waals surface area contributed by atoms with Gasteiger partial charge < -0.3 is 18.8 Å². The monoisotopic (exact) mass is 332 g/mol. The molecule has 3 heterocycles. The Bertz CT molecular complexity index is 721. The lowest BCUT2D eigenvalue weighted by molar-refractivity contribution is -0.0804. The second-order valence-electron chi connectivity index (χ2n) is 5.90. The summed E-state index contributed by atoms with van der Waals surface area (Å²) in [4.78, 5) is 18.3. The van der Waals surface area contributed by atoms with Crippen LogP contribution in [0, 0.1) is 5.82 Å². The molecule has 1 saturated carbocycles. The Kier molecular flexibility index (Phi) is 3.93. The summed E-state index contributed by atoms with van der Waals surface area (Å²) in [6, 6.07) is 6.06. The average molecular weight is 332 g/mol. The molecule has 0 aromatic carbocycles. The Morgan fingerprint density at radius 2 is 2.25 bits per heavy atom. The summed E-state index contributed by atoms with van der Waals surface area (Å²) in [7, 11) is 0. The molecule has 1 aliphatic carbocycles. The van der Waals surface area contributed by atoms with Crippen LogP contribution < -0.4 is 4.74 Å². The molecule has 2 aromatic rings. The van der Waals surface area contributed by atoms with E-state index >= 15 is 0 Å². The minimum Gasteiger partial charge on any atom is -0.469 e. The van der Waals surface area contributed by atoms with Crippen LogP contribution in [0.4, 0.5) is 4.39 Å². The van der Waals surface area contributed by atoms with Gasteiger partial charge in [0.25, 0.3) is 11.8 Å². The Balaban J connectivity index is 1.50. The van der Waals surface area contributed by atoms with E-state index in [4.69, 9.17) is 13.9 Å². The predicted octanol–water partition coefficient (Wildman–Crippen LogP) is 2.26. The molecule has 2 aliphatic rings. The van der Waals surface area contributed by atoms with Crippen LogP contribution in [0.5, 0.6) is 5.88 Å². The molecule has 0 N–H and O–H groups in total. The smallest absolute Gasteiger partial charge is 0.289 e. The van der Waals surface area contributed by atoms with Crippen molar-refractivity contribution in [1.82, 2.24) is 9.88 Å². The molecule has 7 heteroatoms. The van der Waals surface area contributed by atoms with E-state index in [1.165, 1.54) is 24.6 Å². The molecule has 2 aromatic heterocycles. The summed E-state index contributed by atoms with van der Waals surface area (Å²) in [5, 5.41) is 0. The molecule has 1 amide bonds. The number of carbonyl (C=O) groups is 1. The first-order valence-electron chi connectivity index (χ1n) is 7.97. The van der Waals surface area contributed by atoms with Crippen LogP contribution in [0.2, 0.25) is 0 Å². The molecule has 6 nitrogen and oxygen atoms in total. The molecule has 0 spiro atoms. The van der Waals surface area contributed by atoms with E-state index in [-0.39, 0.29) is 30.0 Å². The second-order valence-corrected chi connectivity index (χ2v) is 5.90. The lowest BCUT2D eigenvalue weighted by atomic mass is 10.1. The Hall–Kier alpha value is -2.41. The third kappa shape index (κ3) is 2.65. The number of nitrogens with zero attached hydrogens (tertiary/aromatic N) is 2. The van der Waals surface area contributed by atoms with Crippen LogP contribution in [-0.4, -0.2) is 47.2 Å². The van der Waals surface area contributed by atoms with Crippen molar-refractivity contribution in [3.8, 4) is 5.88 Å². The lowest BCUT2D eigenvalue weighted by Gasteiger charge is -2.38. The number of amides is 1. The quantitative estimate of drug-likeness (QED) is 0.863. The van der Waals surface area contributed by atoms with Gasteiger partial charge in [-0.2, -0.15) is 0 Å². The average Bonchev–Trinajstić information content (AvgIpc) is 3.26. The van der Waals surface area contributed by atoms with Crippen molar-refractivity contribution in [2.75, 3.05) is 13.2 Å². The third-order valence-corrected chi connectivity index (χ3v) is 4.52. The number of rotatable bonds is 3. The highest BCUT2D eigenvalue weighted by Crippen LogP contribution is 2.33. The number of fused-ring (bicyclic) bond motifs is 1. The molecule has 0 radical (unpaired) electrons. The van der Waals surface area contributed by atoms with Gasteiger partial charge in [0.05, 0.1) is 18.9 Å². The fraction of sp³-hybridized carbons (Fsp3) is 0.412. The highest BCUT2D eigenvalue weighted by Gasteiger charge is 2.46. The maximum atomic E-state index is 13.8. The van der Waals surface area contributed by atoms with Gasteiger partial charge in [-0.25, -0.2) is 9.37 Å². The molecule has 24 heavy (non-hydrogen) atoms. The van der Waals surface area contributed by atoms with Crippen molar-refractivity contribution in [3.63, 3.8) is 0 Å². The largest absolute Gasteiger partial charge is 0.469 e. The number of morpholine rings is 1. The van der Waals surface area contributed by atoms with Gasteiger partial charge >= 0.3 is 0 Å². The topological polar surface area (TPSA) is 64.8 Å². The molecule has 1 saturated heterocycles.